The molecule has 1 saturated heterocycles. The van der Waals surface area contributed by atoms with E-state index in [4.69, 9.17) is 0 Å². The molecule has 0 saturated carbocycles. The molecule has 1 aliphatic heterocycles. The van der Waals surface area contributed by atoms with Crippen LogP contribution in [0.1, 0.15) is 22.7 Å². The second-order valence-corrected chi connectivity index (χ2v) is 7.40. The minimum Gasteiger partial charge on any atom is -0.347 e. The van der Waals surface area contributed by atoms with Crippen molar-refractivity contribution >= 4 is 22.7 Å². The Hall–Kier alpha value is -2.88. The maximum Gasteiger partial charge on any atom is 0.233 e. The molecule has 3 aromatic rings. The van der Waals surface area contributed by atoms with E-state index in [0.717, 1.165) is 11.1 Å². The lowest BCUT2D eigenvalue weighted by atomic mass is 9.68. The van der Waals surface area contributed by atoms with Crippen LogP contribution in [-0.2, 0) is 23.1 Å². The monoisotopic (exact) mass is 344 g/mol. The zero-order valence-electron chi connectivity index (χ0n) is 14.8. The summed E-state index contributed by atoms with van der Waals surface area (Å²) in [5, 5.41) is 1.19. The van der Waals surface area contributed by atoms with Gasteiger partial charge in [0.05, 0.1) is 11.8 Å². The summed E-state index contributed by atoms with van der Waals surface area (Å²) in [6.07, 6.45) is 0.628. The van der Waals surface area contributed by atoms with Crippen LogP contribution in [-0.4, -0.2) is 28.3 Å². The standard InChI is InChI=1S/C22H20N2O2/c1-23-16-11-7-6-10-14(16)19-17(23)12-15-20(22(26)24(2)21(15)25)18(19)13-8-4-3-5-9-13/h3-11,15,18,20H,12H2,1-2H3. The molecule has 5 rings (SSSR count). The van der Waals surface area contributed by atoms with E-state index in [-0.39, 0.29) is 29.6 Å². The lowest BCUT2D eigenvalue weighted by Gasteiger charge is -2.32. The first-order chi connectivity index (χ1) is 12.6. The Morgan fingerprint density at radius 3 is 2.35 bits per heavy atom. The number of aryl methyl sites for hydroxylation is 1. The van der Waals surface area contributed by atoms with Gasteiger partial charge in [-0.2, -0.15) is 0 Å². The van der Waals surface area contributed by atoms with Gasteiger partial charge in [0.15, 0.2) is 0 Å². The molecule has 1 aromatic heterocycles. The molecule has 2 heterocycles. The van der Waals surface area contributed by atoms with E-state index < -0.39 is 0 Å². The number of carbonyl (C=O) groups excluding carboxylic acids is 2. The molecule has 0 N–H and O–H groups in total. The maximum absolute atomic E-state index is 13.0. The van der Waals surface area contributed by atoms with Gasteiger partial charge >= 0.3 is 0 Å². The summed E-state index contributed by atoms with van der Waals surface area (Å²) in [5.74, 6) is -0.761. The third kappa shape index (κ3) is 1.84. The third-order valence-electron chi connectivity index (χ3n) is 6.21. The fourth-order valence-corrected chi connectivity index (χ4v) is 4.99. The van der Waals surface area contributed by atoms with Crippen LogP contribution in [0, 0.1) is 11.8 Å². The van der Waals surface area contributed by atoms with Crippen LogP contribution in [0.3, 0.4) is 0 Å². The highest BCUT2D eigenvalue weighted by Gasteiger charge is 2.54. The summed E-state index contributed by atoms with van der Waals surface area (Å²) in [4.78, 5) is 27.1. The summed E-state index contributed by atoms with van der Waals surface area (Å²) >= 11 is 0. The van der Waals surface area contributed by atoms with Crippen molar-refractivity contribution < 1.29 is 9.59 Å². The van der Waals surface area contributed by atoms with Crippen LogP contribution in [0.2, 0.25) is 0 Å². The lowest BCUT2D eigenvalue weighted by Crippen LogP contribution is -2.33. The number of rotatable bonds is 1. The first-order valence-electron chi connectivity index (χ1n) is 9.02. The number of hydrogen-bond acceptors (Lipinski definition) is 2. The van der Waals surface area contributed by atoms with Crippen LogP contribution >= 0.6 is 0 Å². The predicted octanol–water partition coefficient (Wildman–Crippen LogP) is 3.10. The Labute approximate surface area is 152 Å². The highest BCUT2D eigenvalue weighted by Crippen LogP contribution is 2.50. The number of imide groups is 1. The Balaban J connectivity index is 1.84. The molecule has 2 aromatic carbocycles. The van der Waals surface area contributed by atoms with Crippen molar-refractivity contribution in [3.63, 3.8) is 0 Å². The van der Waals surface area contributed by atoms with Gasteiger partial charge in [-0.3, -0.25) is 14.5 Å². The highest BCUT2D eigenvalue weighted by atomic mass is 16.2. The van der Waals surface area contributed by atoms with Gasteiger partial charge in [0.2, 0.25) is 11.8 Å². The first-order valence-corrected chi connectivity index (χ1v) is 9.02. The Morgan fingerprint density at radius 1 is 0.885 bits per heavy atom. The van der Waals surface area contributed by atoms with Gasteiger partial charge < -0.3 is 4.57 Å². The number of hydrogen-bond donors (Lipinski definition) is 0. The zero-order valence-corrected chi connectivity index (χ0v) is 14.8. The number of para-hydroxylation sites is 1. The van der Waals surface area contributed by atoms with Crippen LogP contribution in [0.15, 0.2) is 54.6 Å². The Kier molecular flexibility index (Phi) is 3.14. The highest BCUT2D eigenvalue weighted by molar-refractivity contribution is 6.06. The summed E-state index contributed by atoms with van der Waals surface area (Å²) in [5.41, 5.74) is 4.66. The van der Waals surface area contributed by atoms with Crippen molar-refractivity contribution in [1.29, 1.82) is 0 Å². The molecule has 4 nitrogen and oxygen atoms in total. The van der Waals surface area contributed by atoms with E-state index in [9.17, 15) is 9.59 Å². The maximum atomic E-state index is 13.0. The lowest BCUT2D eigenvalue weighted by molar-refractivity contribution is -0.138. The fraction of sp³-hybridized carbons (Fsp3) is 0.273. The number of likely N-dealkylation sites (tertiary alicyclic amines) is 1. The quantitative estimate of drug-likeness (QED) is 0.637. The first kappa shape index (κ1) is 15.4. The van der Waals surface area contributed by atoms with E-state index in [0.29, 0.717) is 6.42 Å². The van der Waals surface area contributed by atoms with Crippen molar-refractivity contribution in [3.05, 3.63) is 71.4 Å². The smallest absolute Gasteiger partial charge is 0.233 e. The molecular weight excluding hydrogens is 324 g/mol. The molecular formula is C22H20N2O2. The van der Waals surface area contributed by atoms with Gasteiger partial charge in [-0.1, -0.05) is 48.5 Å². The summed E-state index contributed by atoms with van der Waals surface area (Å²) in [6.45, 7) is 0. The summed E-state index contributed by atoms with van der Waals surface area (Å²) in [6, 6.07) is 18.5. The van der Waals surface area contributed by atoms with Crippen LogP contribution in [0.4, 0.5) is 0 Å². The molecule has 0 bridgehead atoms. The number of aromatic nitrogens is 1. The number of nitrogens with zero attached hydrogens (tertiary/aromatic N) is 2. The number of carbonyl (C=O) groups is 2. The molecule has 130 valence electrons. The van der Waals surface area contributed by atoms with Gasteiger partial charge in [0.1, 0.15) is 0 Å². The van der Waals surface area contributed by atoms with Crippen molar-refractivity contribution in [2.75, 3.05) is 7.05 Å². The fourth-order valence-electron chi connectivity index (χ4n) is 4.99. The Morgan fingerprint density at radius 2 is 1.58 bits per heavy atom. The molecule has 3 unspecified atom stereocenters. The van der Waals surface area contributed by atoms with Crippen LogP contribution in [0.25, 0.3) is 10.9 Å². The van der Waals surface area contributed by atoms with E-state index in [1.165, 1.54) is 21.5 Å². The minimum atomic E-state index is -0.312. The average Bonchev–Trinajstić information content (AvgIpc) is 3.09. The second-order valence-electron chi connectivity index (χ2n) is 7.40. The van der Waals surface area contributed by atoms with Gasteiger partial charge in [0.25, 0.3) is 0 Å². The van der Waals surface area contributed by atoms with Crippen molar-refractivity contribution in [2.24, 2.45) is 18.9 Å². The van der Waals surface area contributed by atoms with E-state index in [2.05, 4.69) is 35.9 Å². The van der Waals surface area contributed by atoms with Crippen LogP contribution < -0.4 is 0 Å². The summed E-state index contributed by atoms with van der Waals surface area (Å²) in [7, 11) is 3.68. The predicted molar refractivity (Wildman–Crippen MR) is 99.7 cm³/mol. The molecule has 1 fully saturated rings. The molecule has 2 aliphatic rings. The third-order valence-corrected chi connectivity index (χ3v) is 6.21. The van der Waals surface area contributed by atoms with Crippen molar-refractivity contribution in [1.82, 2.24) is 9.47 Å². The van der Waals surface area contributed by atoms with E-state index in [1.807, 2.05) is 30.3 Å². The zero-order chi connectivity index (χ0) is 18.0. The largest absolute Gasteiger partial charge is 0.347 e. The van der Waals surface area contributed by atoms with Crippen LogP contribution in [0.5, 0.6) is 0 Å². The Bertz CT molecular complexity index is 1050. The van der Waals surface area contributed by atoms with Gasteiger partial charge in [-0.15, -0.1) is 0 Å². The van der Waals surface area contributed by atoms with Crippen molar-refractivity contribution in [3.8, 4) is 0 Å². The molecule has 4 heteroatoms. The number of amides is 2. The normalized spacial score (nSPS) is 24.8. The summed E-state index contributed by atoms with van der Waals surface area (Å²) < 4.78 is 2.20. The van der Waals surface area contributed by atoms with Gasteiger partial charge in [0, 0.05) is 43.0 Å². The minimum absolute atomic E-state index is 0.0446. The molecule has 2 amide bonds. The molecule has 26 heavy (non-hydrogen) atoms. The average molecular weight is 344 g/mol. The SMILES string of the molecule is CN1C(=O)C2Cc3c(c4ccccc4n3C)C(c3ccccc3)C2C1=O. The van der Waals surface area contributed by atoms with E-state index >= 15 is 0 Å². The van der Waals surface area contributed by atoms with Gasteiger partial charge in [-0.05, 0) is 17.2 Å². The molecule has 1 aliphatic carbocycles. The number of benzene rings is 2. The molecule has 3 atom stereocenters. The second kappa shape index (κ2) is 5.31. The molecule has 0 spiro atoms. The van der Waals surface area contributed by atoms with E-state index in [1.54, 1.807) is 7.05 Å². The van der Waals surface area contributed by atoms with Gasteiger partial charge in [-0.25, -0.2) is 0 Å². The van der Waals surface area contributed by atoms with Crippen molar-refractivity contribution in [2.45, 2.75) is 12.3 Å². The number of fused-ring (bicyclic) bond motifs is 4. The topological polar surface area (TPSA) is 42.3 Å². The molecule has 0 radical (unpaired) electrons.